The summed E-state index contributed by atoms with van der Waals surface area (Å²) in [5.41, 5.74) is 2.13. The summed E-state index contributed by atoms with van der Waals surface area (Å²) in [6, 6.07) is 17.8. The second kappa shape index (κ2) is 5.52. The van der Waals surface area contributed by atoms with Gasteiger partial charge in [-0.05, 0) is 40.3 Å². The number of tetrazole rings is 1. The lowest BCUT2D eigenvalue weighted by molar-refractivity contribution is 0.415. The van der Waals surface area contributed by atoms with E-state index in [0.717, 1.165) is 22.7 Å². The van der Waals surface area contributed by atoms with Gasteiger partial charge in [-0.3, -0.25) is 0 Å². The van der Waals surface area contributed by atoms with E-state index in [2.05, 4.69) is 27.7 Å². The van der Waals surface area contributed by atoms with Crippen LogP contribution < -0.4 is 4.74 Å². The maximum atomic E-state index is 5.15. The van der Waals surface area contributed by atoms with Crippen molar-refractivity contribution < 1.29 is 4.74 Å². The Labute approximate surface area is 116 Å². The van der Waals surface area contributed by atoms with Crippen LogP contribution >= 0.6 is 0 Å². The molecule has 20 heavy (non-hydrogen) atoms. The number of hydrogen-bond acceptors (Lipinski definition) is 4. The molecule has 1 heterocycles. The van der Waals surface area contributed by atoms with Gasteiger partial charge in [0.2, 0.25) is 0 Å². The summed E-state index contributed by atoms with van der Waals surface area (Å²) >= 11 is 0. The van der Waals surface area contributed by atoms with Crippen LogP contribution in [0.15, 0.2) is 54.6 Å². The van der Waals surface area contributed by atoms with Crippen LogP contribution in [0.1, 0.15) is 5.56 Å². The van der Waals surface area contributed by atoms with Gasteiger partial charge < -0.3 is 4.74 Å². The normalized spacial score (nSPS) is 10.4. The van der Waals surface area contributed by atoms with Crippen molar-refractivity contribution in [1.82, 2.24) is 20.2 Å². The molecule has 1 aromatic heterocycles. The van der Waals surface area contributed by atoms with Crippen LogP contribution in [0.4, 0.5) is 0 Å². The third-order valence-corrected chi connectivity index (χ3v) is 3.06. The molecule has 0 fully saturated rings. The zero-order chi connectivity index (χ0) is 13.8. The topological polar surface area (TPSA) is 52.8 Å². The predicted octanol–water partition coefficient (Wildman–Crippen LogP) is 2.40. The van der Waals surface area contributed by atoms with E-state index < -0.39 is 0 Å². The summed E-state index contributed by atoms with van der Waals surface area (Å²) in [4.78, 5) is 0. The minimum atomic E-state index is 0.648. The van der Waals surface area contributed by atoms with Crippen molar-refractivity contribution in [3.05, 3.63) is 60.2 Å². The zero-order valence-electron chi connectivity index (χ0n) is 11.1. The number of ether oxygens (including phenoxy) is 1. The first kappa shape index (κ1) is 12.3. The molecule has 100 valence electrons. The molecule has 0 saturated heterocycles. The van der Waals surface area contributed by atoms with Gasteiger partial charge in [0.1, 0.15) is 5.75 Å². The van der Waals surface area contributed by atoms with E-state index in [4.69, 9.17) is 4.74 Å². The van der Waals surface area contributed by atoms with Crippen molar-refractivity contribution in [3.63, 3.8) is 0 Å². The summed E-state index contributed by atoms with van der Waals surface area (Å²) < 4.78 is 6.94. The smallest absolute Gasteiger partial charge is 0.182 e. The Morgan fingerprint density at radius 2 is 1.75 bits per heavy atom. The first-order valence-electron chi connectivity index (χ1n) is 6.31. The van der Waals surface area contributed by atoms with Crippen LogP contribution in [0.3, 0.4) is 0 Å². The van der Waals surface area contributed by atoms with E-state index in [9.17, 15) is 0 Å². The second-order valence-electron chi connectivity index (χ2n) is 4.37. The summed E-state index contributed by atoms with van der Waals surface area (Å²) in [5.74, 6) is 1.56. The molecule has 2 aromatic carbocycles. The van der Waals surface area contributed by atoms with Crippen LogP contribution in [-0.4, -0.2) is 27.3 Å². The van der Waals surface area contributed by atoms with Crippen molar-refractivity contribution >= 4 is 0 Å². The molecule has 5 nitrogen and oxygen atoms in total. The standard InChI is InChI=1S/C15H14N4O/c1-20-14-9-7-13(8-10-14)15-16-17-18-19(15)11-12-5-3-2-4-6-12/h2-10H,11H2,1H3. The Balaban J connectivity index is 1.89. The van der Waals surface area contributed by atoms with Gasteiger partial charge in [-0.25, -0.2) is 4.68 Å². The maximum absolute atomic E-state index is 5.15. The van der Waals surface area contributed by atoms with Gasteiger partial charge in [0, 0.05) is 5.56 Å². The van der Waals surface area contributed by atoms with Crippen molar-refractivity contribution in [1.29, 1.82) is 0 Å². The van der Waals surface area contributed by atoms with Crippen LogP contribution in [0.25, 0.3) is 11.4 Å². The largest absolute Gasteiger partial charge is 0.497 e. The molecule has 0 atom stereocenters. The second-order valence-corrected chi connectivity index (χ2v) is 4.37. The van der Waals surface area contributed by atoms with E-state index in [1.165, 1.54) is 0 Å². The SMILES string of the molecule is COc1ccc(-c2nnnn2Cc2ccccc2)cc1. The molecule has 0 N–H and O–H groups in total. The van der Waals surface area contributed by atoms with Gasteiger partial charge in [0.15, 0.2) is 5.82 Å². The van der Waals surface area contributed by atoms with Gasteiger partial charge >= 0.3 is 0 Å². The maximum Gasteiger partial charge on any atom is 0.182 e. The fourth-order valence-electron chi connectivity index (χ4n) is 2.01. The molecule has 0 aliphatic carbocycles. The molecule has 5 heteroatoms. The van der Waals surface area contributed by atoms with Crippen LogP contribution in [-0.2, 0) is 6.54 Å². The lowest BCUT2D eigenvalue weighted by Gasteiger charge is -2.05. The lowest BCUT2D eigenvalue weighted by atomic mass is 10.2. The third kappa shape index (κ3) is 2.51. The predicted molar refractivity (Wildman–Crippen MR) is 75.3 cm³/mol. The molecule has 0 saturated carbocycles. The Hall–Kier alpha value is -2.69. The van der Waals surface area contributed by atoms with E-state index in [-0.39, 0.29) is 0 Å². The highest BCUT2D eigenvalue weighted by atomic mass is 16.5. The zero-order valence-corrected chi connectivity index (χ0v) is 11.1. The number of benzene rings is 2. The monoisotopic (exact) mass is 266 g/mol. The van der Waals surface area contributed by atoms with Gasteiger partial charge in [0.05, 0.1) is 13.7 Å². The van der Waals surface area contributed by atoms with Crippen molar-refractivity contribution in [2.75, 3.05) is 7.11 Å². The molecule has 0 bridgehead atoms. The highest BCUT2D eigenvalue weighted by molar-refractivity contribution is 5.55. The van der Waals surface area contributed by atoms with Gasteiger partial charge in [-0.1, -0.05) is 30.3 Å². The molecule has 0 unspecified atom stereocenters. The molecule has 0 aliphatic rings. The Bertz CT molecular complexity index is 677. The average Bonchev–Trinajstić information content (AvgIpc) is 2.96. The number of hydrogen-bond donors (Lipinski definition) is 0. The van der Waals surface area contributed by atoms with E-state index in [1.54, 1.807) is 11.8 Å². The molecule has 3 rings (SSSR count). The summed E-state index contributed by atoms with van der Waals surface area (Å²) in [7, 11) is 1.65. The fourth-order valence-corrected chi connectivity index (χ4v) is 2.01. The minimum Gasteiger partial charge on any atom is -0.497 e. The fraction of sp³-hybridized carbons (Fsp3) is 0.133. The van der Waals surface area contributed by atoms with Crippen molar-refractivity contribution in [3.8, 4) is 17.1 Å². The number of nitrogens with zero attached hydrogens (tertiary/aromatic N) is 4. The Kier molecular flexibility index (Phi) is 3.41. The molecule has 0 aliphatic heterocycles. The van der Waals surface area contributed by atoms with E-state index >= 15 is 0 Å². The molecule has 0 amide bonds. The third-order valence-electron chi connectivity index (χ3n) is 3.06. The number of methoxy groups -OCH3 is 1. The molecule has 0 radical (unpaired) electrons. The summed E-state index contributed by atoms with van der Waals surface area (Å²) in [5, 5.41) is 11.9. The van der Waals surface area contributed by atoms with Crippen molar-refractivity contribution in [2.45, 2.75) is 6.54 Å². The quantitative estimate of drug-likeness (QED) is 0.727. The molecule has 3 aromatic rings. The first-order chi connectivity index (χ1) is 9.86. The molecular formula is C15H14N4O. The Morgan fingerprint density at radius 3 is 2.45 bits per heavy atom. The van der Waals surface area contributed by atoms with Crippen molar-refractivity contribution in [2.24, 2.45) is 0 Å². The van der Waals surface area contributed by atoms with Crippen LogP contribution in [0.2, 0.25) is 0 Å². The number of rotatable bonds is 4. The Morgan fingerprint density at radius 1 is 1.00 bits per heavy atom. The van der Waals surface area contributed by atoms with Crippen LogP contribution in [0.5, 0.6) is 5.75 Å². The summed E-state index contributed by atoms with van der Waals surface area (Å²) in [6.45, 7) is 0.648. The highest BCUT2D eigenvalue weighted by Crippen LogP contribution is 2.20. The average molecular weight is 266 g/mol. The first-order valence-corrected chi connectivity index (χ1v) is 6.31. The van der Waals surface area contributed by atoms with Gasteiger partial charge in [-0.15, -0.1) is 5.10 Å². The molecule has 0 spiro atoms. The van der Waals surface area contributed by atoms with Gasteiger partial charge in [-0.2, -0.15) is 0 Å². The van der Waals surface area contributed by atoms with Gasteiger partial charge in [0.25, 0.3) is 0 Å². The lowest BCUT2D eigenvalue weighted by Crippen LogP contribution is -2.04. The highest BCUT2D eigenvalue weighted by Gasteiger charge is 2.09. The van der Waals surface area contributed by atoms with E-state index in [0.29, 0.717) is 6.54 Å². The minimum absolute atomic E-state index is 0.648. The number of aromatic nitrogens is 4. The molecular weight excluding hydrogens is 252 g/mol. The summed E-state index contributed by atoms with van der Waals surface area (Å²) in [6.07, 6.45) is 0. The van der Waals surface area contributed by atoms with E-state index in [1.807, 2.05) is 42.5 Å². The van der Waals surface area contributed by atoms with Crippen LogP contribution in [0, 0.1) is 0 Å².